The van der Waals surface area contributed by atoms with Crippen LogP contribution in [-0.2, 0) is 15.6 Å². The Morgan fingerprint density at radius 1 is 1.08 bits per heavy atom. The van der Waals surface area contributed by atoms with Gasteiger partial charge in [-0.2, -0.15) is 4.98 Å². The summed E-state index contributed by atoms with van der Waals surface area (Å²) in [6, 6.07) is 11.7. The molecule has 1 fully saturated rings. The Hall–Kier alpha value is -4.01. The number of hydrogen-bond acceptors (Lipinski definition) is 6. The van der Waals surface area contributed by atoms with Crippen LogP contribution in [0, 0.1) is 0 Å². The van der Waals surface area contributed by atoms with E-state index in [0.717, 1.165) is 35.5 Å². The van der Waals surface area contributed by atoms with E-state index in [9.17, 15) is 9.59 Å². The summed E-state index contributed by atoms with van der Waals surface area (Å²) in [5, 5.41) is 6.64. The molecule has 0 bridgehead atoms. The van der Waals surface area contributed by atoms with E-state index in [4.69, 9.17) is 9.97 Å². The maximum Gasteiger partial charge on any atom is 0.278 e. The summed E-state index contributed by atoms with van der Waals surface area (Å²) in [7, 11) is 0. The molecule has 9 nitrogen and oxygen atoms in total. The fourth-order valence-electron chi connectivity index (χ4n) is 4.69. The number of nitrogens with one attached hydrogen (secondary N) is 2. The topological polar surface area (TPSA) is 107 Å². The highest BCUT2D eigenvalue weighted by molar-refractivity contribution is 6.06. The molecule has 4 aromatic rings. The summed E-state index contributed by atoms with van der Waals surface area (Å²) >= 11 is 0. The van der Waals surface area contributed by atoms with E-state index in [2.05, 4.69) is 36.4 Å². The van der Waals surface area contributed by atoms with Gasteiger partial charge in [0.15, 0.2) is 11.5 Å². The van der Waals surface area contributed by atoms with Gasteiger partial charge in [-0.25, -0.2) is 19.3 Å². The van der Waals surface area contributed by atoms with Crippen LogP contribution in [0.2, 0.25) is 0 Å². The van der Waals surface area contributed by atoms with Crippen molar-refractivity contribution in [2.45, 2.75) is 64.3 Å². The number of fused-ring (bicyclic) bond motifs is 2. The van der Waals surface area contributed by atoms with E-state index in [0.29, 0.717) is 22.8 Å². The van der Waals surface area contributed by atoms with Crippen LogP contribution in [0.3, 0.4) is 0 Å². The van der Waals surface area contributed by atoms with Crippen LogP contribution < -0.4 is 16.2 Å². The zero-order valence-electron chi connectivity index (χ0n) is 21.1. The van der Waals surface area contributed by atoms with Gasteiger partial charge in [-0.15, -0.1) is 0 Å². The number of hydrogen-bond donors (Lipinski definition) is 2. The van der Waals surface area contributed by atoms with E-state index in [1.54, 1.807) is 10.9 Å². The first-order valence-electron chi connectivity index (χ1n) is 12.3. The lowest BCUT2D eigenvalue weighted by atomic mass is 9.86. The third-order valence-electron chi connectivity index (χ3n) is 7.00. The highest BCUT2D eigenvalue weighted by atomic mass is 16.2. The third-order valence-corrected chi connectivity index (χ3v) is 7.00. The second-order valence-electron chi connectivity index (χ2n) is 11.2. The van der Waals surface area contributed by atoms with Crippen molar-refractivity contribution in [3.05, 3.63) is 64.2 Å². The Kier molecular flexibility index (Phi) is 4.67. The molecule has 2 aliphatic rings. The number of amides is 1. The molecule has 1 amide bonds. The monoisotopic (exact) mass is 483 g/mol. The van der Waals surface area contributed by atoms with E-state index in [1.807, 2.05) is 54.9 Å². The lowest BCUT2D eigenvalue weighted by Gasteiger charge is -2.19. The van der Waals surface area contributed by atoms with Crippen molar-refractivity contribution in [1.29, 1.82) is 0 Å². The summed E-state index contributed by atoms with van der Waals surface area (Å²) < 4.78 is 3.60. The summed E-state index contributed by atoms with van der Waals surface area (Å²) in [5.41, 5.74) is 3.11. The first-order valence-corrected chi connectivity index (χ1v) is 12.3. The minimum atomic E-state index is -0.570. The van der Waals surface area contributed by atoms with Gasteiger partial charge in [-0.3, -0.25) is 9.59 Å². The smallest absolute Gasteiger partial charge is 0.278 e. The zero-order valence-corrected chi connectivity index (χ0v) is 21.1. The zero-order chi connectivity index (χ0) is 25.4. The summed E-state index contributed by atoms with van der Waals surface area (Å²) in [6.07, 6.45) is 3.48. The quantitative estimate of drug-likeness (QED) is 0.440. The number of carbonyl (C=O) groups is 1. The van der Waals surface area contributed by atoms with Crippen LogP contribution in [0.1, 0.15) is 64.8 Å². The molecule has 0 radical (unpaired) electrons. The molecule has 0 saturated heterocycles. The molecular formula is C27H29N7O2. The predicted octanol–water partition coefficient (Wildman–Crippen LogP) is 4.58. The maximum atomic E-state index is 13.3. The highest BCUT2D eigenvalue weighted by Crippen LogP contribution is 2.39. The van der Waals surface area contributed by atoms with Crippen LogP contribution in [0.5, 0.6) is 0 Å². The maximum absolute atomic E-state index is 13.3. The largest absolute Gasteiger partial charge is 0.325 e. The number of aromatic nitrogens is 5. The lowest BCUT2D eigenvalue weighted by molar-refractivity contribution is -0.119. The first kappa shape index (κ1) is 22.5. The second kappa shape index (κ2) is 7.49. The van der Waals surface area contributed by atoms with Crippen molar-refractivity contribution in [3.8, 4) is 5.82 Å². The Morgan fingerprint density at radius 2 is 1.86 bits per heavy atom. The SMILES string of the molecule is CC(C)(C)c1cccc(-n2c3nc(Nc4ccc5c(c4)NC(=O)C5(C)C)ncc3c(=O)n2C2CC2)n1. The van der Waals surface area contributed by atoms with Crippen molar-refractivity contribution in [3.63, 3.8) is 0 Å². The molecule has 1 aliphatic heterocycles. The van der Waals surface area contributed by atoms with Crippen LogP contribution in [-0.4, -0.2) is 30.2 Å². The molecular weight excluding hydrogens is 454 g/mol. The summed E-state index contributed by atoms with van der Waals surface area (Å²) in [5.74, 6) is 0.996. The Labute approximate surface area is 208 Å². The van der Waals surface area contributed by atoms with Crippen LogP contribution in [0.15, 0.2) is 47.4 Å². The van der Waals surface area contributed by atoms with Gasteiger partial charge < -0.3 is 10.6 Å². The van der Waals surface area contributed by atoms with Crippen molar-refractivity contribution >= 4 is 34.3 Å². The van der Waals surface area contributed by atoms with Gasteiger partial charge in [0.1, 0.15) is 5.39 Å². The Morgan fingerprint density at radius 3 is 2.58 bits per heavy atom. The van der Waals surface area contributed by atoms with Crippen LogP contribution in [0.4, 0.5) is 17.3 Å². The molecule has 6 rings (SSSR count). The first-order chi connectivity index (χ1) is 17.0. The third kappa shape index (κ3) is 3.49. The normalized spacial score (nSPS) is 16.8. The molecule has 36 heavy (non-hydrogen) atoms. The number of benzene rings is 1. The molecule has 184 valence electrons. The molecule has 3 aromatic heterocycles. The van der Waals surface area contributed by atoms with E-state index in [-0.39, 0.29) is 22.9 Å². The van der Waals surface area contributed by atoms with E-state index in [1.165, 1.54) is 0 Å². The molecule has 9 heteroatoms. The van der Waals surface area contributed by atoms with E-state index < -0.39 is 5.41 Å². The van der Waals surface area contributed by atoms with Crippen LogP contribution >= 0.6 is 0 Å². The van der Waals surface area contributed by atoms with Gasteiger partial charge in [-0.05, 0) is 56.5 Å². The molecule has 0 unspecified atom stereocenters. The number of rotatable bonds is 4. The molecule has 0 spiro atoms. The van der Waals surface area contributed by atoms with Gasteiger partial charge >= 0.3 is 0 Å². The lowest BCUT2D eigenvalue weighted by Crippen LogP contribution is -2.26. The summed E-state index contributed by atoms with van der Waals surface area (Å²) in [4.78, 5) is 39.8. The standard InChI is InChI=1S/C27H29N7O2/c1-26(2,3)20-7-6-8-21(31-20)34-22-17(23(35)33(34)16-10-11-16)14-28-25(32-22)29-15-9-12-18-19(13-15)30-24(36)27(18,4)5/h6-9,12-14,16H,10-11H2,1-5H3,(H,30,36)(H,28,29,32). The number of carbonyl (C=O) groups excluding carboxylic acids is 1. The van der Waals surface area contributed by atoms with E-state index >= 15 is 0 Å². The number of nitrogens with zero attached hydrogens (tertiary/aromatic N) is 5. The van der Waals surface area contributed by atoms with Gasteiger partial charge in [0.05, 0.1) is 11.5 Å². The number of pyridine rings is 1. The molecule has 1 saturated carbocycles. The number of anilines is 3. The van der Waals surface area contributed by atoms with Crippen molar-refractivity contribution in [2.75, 3.05) is 10.6 Å². The molecule has 4 heterocycles. The van der Waals surface area contributed by atoms with Crippen molar-refractivity contribution < 1.29 is 4.79 Å². The second-order valence-corrected chi connectivity index (χ2v) is 11.2. The minimum absolute atomic E-state index is 0.0252. The van der Waals surface area contributed by atoms with Gasteiger partial charge in [0.25, 0.3) is 5.56 Å². The van der Waals surface area contributed by atoms with Crippen molar-refractivity contribution in [1.82, 2.24) is 24.3 Å². The molecule has 1 aromatic carbocycles. The molecule has 2 N–H and O–H groups in total. The van der Waals surface area contributed by atoms with Crippen molar-refractivity contribution in [2.24, 2.45) is 0 Å². The fraction of sp³-hybridized carbons (Fsp3) is 0.370. The minimum Gasteiger partial charge on any atom is -0.325 e. The average Bonchev–Trinajstić information content (AvgIpc) is 3.58. The Bertz CT molecular complexity index is 1600. The van der Waals surface area contributed by atoms with Gasteiger partial charge in [-0.1, -0.05) is 32.9 Å². The summed E-state index contributed by atoms with van der Waals surface area (Å²) in [6.45, 7) is 10.2. The predicted molar refractivity (Wildman–Crippen MR) is 139 cm³/mol. The van der Waals surface area contributed by atoms with Crippen LogP contribution in [0.25, 0.3) is 16.9 Å². The average molecular weight is 484 g/mol. The molecule has 1 aliphatic carbocycles. The van der Waals surface area contributed by atoms with Gasteiger partial charge in [0, 0.05) is 28.7 Å². The van der Waals surface area contributed by atoms with Gasteiger partial charge in [0.2, 0.25) is 11.9 Å². The fourth-order valence-corrected chi connectivity index (χ4v) is 4.69. The molecule has 0 atom stereocenters. The Balaban J connectivity index is 1.45. The highest BCUT2D eigenvalue weighted by Gasteiger charge is 2.38.